The van der Waals surface area contributed by atoms with Crippen LogP contribution in [0.25, 0.3) is 0 Å². The van der Waals surface area contributed by atoms with E-state index >= 15 is 0 Å². The zero-order valence-electron chi connectivity index (χ0n) is 3.65. The molecule has 0 N–H and O–H groups in total. The first kappa shape index (κ1) is 3.59. The van der Waals surface area contributed by atoms with Crippen molar-refractivity contribution in [2.45, 2.75) is 12.8 Å². The van der Waals surface area contributed by atoms with Crippen LogP contribution in [-0.4, -0.2) is 5.71 Å². The van der Waals surface area contributed by atoms with Crippen LogP contribution in [0.15, 0.2) is 17.8 Å². The summed E-state index contributed by atoms with van der Waals surface area (Å²) in [5.74, 6) is 0. The van der Waals surface area contributed by atoms with Gasteiger partial charge >= 0.3 is 0 Å². The van der Waals surface area contributed by atoms with Crippen LogP contribution in [-0.2, 0) is 0 Å². The molecule has 6 heavy (non-hydrogen) atoms. The first-order chi connectivity index (χ1) is 2.93. The second-order valence-electron chi connectivity index (χ2n) is 1.38. The monoisotopic (exact) mass is 81.1 g/mol. The predicted molar refractivity (Wildman–Crippen MR) is 26.9 cm³/mol. The van der Waals surface area contributed by atoms with Gasteiger partial charge in [0.2, 0.25) is 0 Å². The van der Waals surface area contributed by atoms with Crippen molar-refractivity contribution in [1.29, 1.82) is 0 Å². The van der Waals surface area contributed by atoms with Crippen LogP contribution in [0, 0.1) is 0 Å². The highest BCUT2D eigenvalue weighted by Gasteiger charge is 2.10. The summed E-state index contributed by atoms with van der Waals surface area (Å²) in [4.78, 5) is 3.92. The minimum Gasteiger partial charge on any atom is -0.266 e. The van der Waals surface area contributed by atoms with Crippen molar-refractivity contribution >= 4 is 5.71 Å². The third kappa shape index (κ3) is 0.677. The predicted octanol–water partition coefficient (Wildman–Crippen LogP) is 1.36. The van der Waals surface area contributed by atoms with Gasteiger partial charge in [-0.05, 0) is 12.8 Å². The Hall–Kier alpha value is -0.590. The first-order valence-electron chi connectivity index (χ1n) is 2.10. The molecular formula is C5H7N. The molecule has 0 bridgehead atoms. The normalized spacial score (nSPS) is 17.0. The van der Waals surface area contributed by atoms with Crippen LogP contribution in [0.4, 0.5) is 0 Å². The van der Waals surface area contributed by atoms with Crippen LogP contribution < -0.4 is 0 Å². The minimum atomic E-state index is 1.20. The molecule has 1 aliphatic carbocycles. The van der Waals surface area contributed by atoms with Gasteiger partial charge in [-0.15, -0.1) is 0 Å². The molecule has 1 aliphatic rings. The van der Waals surface area contributed by atoms with Gasteiger partial charge in [-0.1, -0.05) is 6.58 Å². The lowest BCUT2D eigenvalue weighted by molar-refractivity contribution is 1.50. The molecule has 0 aliphatic heterocycles. The Kier molecular flexibility index (Phi) is 0.748. The molecular weight excluding hydrogens is 74.1 g/mol. The third-order valence-corrected chi connectivity index (χ3v) is 0.747. The van der Waals surface area contributed by atoms with E-state index in [1.165, 1.54) is 18.6 Å². The molecule has 1 saturated carbocycles. The molecule has 0 aromatic carbocycles. The lowest BCUT2D eigenvalue weighted by Crippen LogP contribution is -1.53. The van der Waals surface area contributed by atoms with Gasteiger partial charge in [0.05, 0.1) is 0 Å². The summed E-state index contributed by atoms with van der Waals surface area (Å²) in [5, 5.41) is 0. The van der Waals surface area contributed by atoms with Crippen LogP contribution in [0.2, 0.25) is 0 Å². The van der Waals surface area contributed by atoms with Crippen LogP contribution in [0.5, 0.6) is 0 Å². The number of hydrogen-bond acceptors (Lipinski definition) is 1. The molecule has 32 valence electrons. The fourth-order valence-corrected chi connectivity index (χ4v) is 0.314. The zero-order valence-corrected chi connectivity index (χ0v) is 3.65. The summed E-state index contributed by atoms with van der Waals surface area (Å²) in [7, 11) is 0. The Labute approximate surface area is 37.4 Å². The van der Waals surface area contributed by atoms with Crippen LogP contribution in [0.1, 0.15) is 12.8 Å². The molecule has 0 unspecified atom stereocenters. The second kappa shape index (κ2) is 1.25. The second-order valence-corrected chi connectivity index (χ2v) is 1.38. The number of hydrogen-bond donors (Lipinski definition) is 0. The summed E-state index contributed by atoms with van der Waals surface area (Å²) in [6.45, 7) is 3.45. The van der Waals surface area contributed by atoms with E-state index in [0.29, 0.717) is 0 Å². The van der Waals surface area contributed by atoms with E-state index < -0.39 is 0 Å². The van der Waals surface area contributed by atoms with Crippen LogP contribution in [0.3, 0.4) is 0 Å². The molecule has 0 aromatic rings. The average Bonchev–Trinajstić information content (AvgIpc) is 2.21. The van der Waals surface area contributed by atoms with E-state index in [1.807, 2.05) is 0 Å². The highest BCUT2D eigenvalue weighted by atomic mass is 14.7. The van der Waals surface area contributed by atoms with Gasteiger partial charge in [-0.25, -0.2) is 0 Å². The molecule has 0 atom stereocenters. The van der Waals surface area contributed by atoms with Gasteiger partial charge in [0.1, 0.15) is 0 Å². The van der Waals surface area contributed by atoms with E-state index in [2.05, 4.69) is 11.6 Å². The maximum atomic E-state index is 3.92. The summed E-state index contributed by atoms with van der Waals surface area (Å²) in [6.07, 6.45) is 4.00. The Morgan fingerprint density at radius 2 is 2.33 bits per heavy atom. The summed E-state index contributed by atoms with van der Waals surface area (Å²) >= 11 is 0. The molecule has 0 radical (unpaired) electrons. The van der Waals surface area contributed by atoms with Gasteiger partial charge in [0.15, 0.2) is 0 Å². The topological polar surface area (TPSA) is 12.4 Å². The fourth-order valence-electron chi connectivity index (χ4n) is 0.314. The zero-order chi connectivity index (χ0) is 4.41. The van der Waals surface area contributed by atoms with Gasteiger partial charge < -0.3 is 0 Å². The fraction of sp³-hybridized carbons (Fsp3) is 0.400. The summed E-state index contributed by atoms with van der Waals surface area (Å²) in [6, 6.07) is 0. The lowest BCUT2D eigenvalue weighted by atomic mass is 10.8. The maximum Gasteiger partial charge on any atom is 0.0195 e. The molecule has 0 aromatic heterocycles. The number of aliphatic imine (C=N–C) groups is 1. The Morgan fingerprint density at radius 1 is 1.67 bits per heavy atom. The highest BCUT2D eigenvalue weighted by Crippen LogP contribution is 2.13. The van der Waals surface area contributed by atoms with E-state index in [1.54, 1.807) is 6.20 Å². The molecule has 0 heterocycles. The minimum absolute atomic E-state index is 1.20. The van der Waals surface area contributed by atoms with Gasteiger partial charge in [-0.3, -0.25) is 4.99 Å². The van der Waals surface area contributed by atoms with Crippen LogP contribution >= 0.6 is 0 Å². The third-order valence-electron chi connectivity index (χ3n) is 0.747. The molecule has 0 spiro atoms. The van der Waals surface area contributed by atoms with Gasteiger partial charge in [0.25, 0.3) is 0 Å². The standard InChI is InChI=1S/C5H7N/c1-2-6-5-3-4-5/h2H,1,3-4H2. The lowest BCUT2D eigenvalue weighted by Gasteiger charge is -1.61. The van der Waals surface area contributed by atoms with Crippen molar-refractivity contribution < 1.29 is 0 Å². The van der Waals surface area contributed by atoms with E-state index in [0.717, 1.165) is 0 Å². The van der Waals surface area contributed by atoms with Crippen molar-refractivity contribution in [3.63, 3.8) is 0 Å². The Balaban J connectivity index is 2.42. The Bertz CT molecular complexity index is 86.1. The summed E-state index contributed by atoms with van der Waals surface area (Å²) < 4.78 is 0. The SMILES string of the molecule is C=CN=C1CC1. The molecule has 1 rings (SSSR count). The molecule has 0 saturated heterocycles. The average molecular weight is 81.1 g/mol. The van der Waals surface area contributed by atoms with Crippen molar-refractivity contribution in [1.82, 2.24) is 0 Å². The molecule has 1 heteroatoms. The van der Waals surface area contributed by atoms with Gasteiger partial charge in [-0.2, -0.15) is 0 Å². The number of nitrogens with zero attached hydrogens (tertiary/aromatic N) is 1. The highest BCUT2D eigenvalue weighted by molar-refractivity contribution is 5.98. The Morgan fingerprint density at radius 3 is 2.50 bits per heavy atom. The van der Waals surface area contributed by atoms with Gasteiger partial charge in [0, 0.05) is 11.9 Å². The van der Waals surface area contributed by atoms with Crippen molar-refractivity contribution in [3.05, 3.63) is 12.8 Å². The van der Waals surface area contributed by atoms with Crippen molar-refractivity contribution in [2.24, 2.45) is 4.99 Å². The van der Waals surface area contributed by atoms with E-state index in [-0.39, 0.29) is 0 Å². The van der Waals surface area contributed by atoms with E-state index in [9.17, 15) is 0 Å². The van der Waals surface area contributed by atoms with Crippen molar-refractivity contribution in [2.75, 3.05) is 0 Å². The first-order valence-corrected chi connectivity index (χ1v) is 2.10. The largest absolute Gasteiger partial charge is 0.266 e. The molecule has 0 amide bonds. The summed E-state index contributed by atoms with van der Waals surface area (Å²) in [5.41, 5.74) is 1.30. The van der Waals surface area contributed by atoms with Crippen molar-refractivity contribution in [3.8, 4) is 0 Å². The quantitative estimate of drug-likeness (QED) is 0.452. The smallest absolute Gasteiger partial charge is 0.0195 e. The van der Waals surface area contributed by atoms with E-state index in [4.69, 9.17) is 0 Å². The maximum absolute atomic E-state index is 3.92. The number of rotatable bonds is 1. The molecule has 1 fully saturated rings. The molecule has 1 nitrogen and oxygen atoms in total.